The third-order valence-corrected chi connectivity index (χ3v) is 4.62. The molecule has 0 saturated heterocycles. The summed E-state index contributed by atoms with van der Waals surface area (Å²) >= 11 is 1.32. The number of anilines is 1. The van der Waals surface area contributed by atoms with E-state index in [-0.39, 0.29) is 11.6 Å². The zero-order valence-electron chi connectivity index (χ0n) is 13.7. The van der Waals surface area contributed by atoms with Gasteiger partial charge in [-0.1, -0.05) is 42.5 Å². The van der Waals surface area contributed by atoms with E-state index in [0.29, 0.717) is 23.7 Å². The van der Waals surface area contributed by atoms with E-state index in [1.54, 1.807) is 24.4 Å². The molecule has 2 N–H and O–H groups in total. The first kappa shape index (κ1) is 17.6. The number of nitrogens with one attached hydrogen (secondary N) is 2. The second-order valence-corrected chi connectivity index (χ2v) is 6.38. The van der Waals surface area contributed by atoms with Crippen molar-refractivity contribution in [1.82, 2.24) is 10.3 Å². The van der Waals surface area contributed by atoms with Crippen LogP contribution in [-0.4, -0.2) is 28.9 Å². The van der Waals surface area contributed by atoms with E-state index in [4.69, 9.17) is 0 Å². The highest BCUT2D eigenvalue weighted by Gasteiger charge is 2.13. The van der Waals surface area contributed by atoms with E-state index < -0.39 is 4.92 Å². The Morgan fingerprint density at radius 2 is 1.81 bits per heavy atom. The molecule has 132 valence electrons. The van der Waals surface area contributed by atoms with Crippen molar-refractivity contribution < 1.29 is 9.72 Å². The molecule has 0 unspecified atom stereocenters. The van der Waals surface area contributed by atoms with Gasteiger partial charge in [0, 0.05) is 24.7 Å². The standard InChI is InChI=1S/C18H16N4O3S/c23-17(16-12-21-18(26-16)13-6-2-1-3-7-13)20-11-10-19-14-8-4-5-9-15(14)22(24)25/h1-9,12,19H,10-11H2,(H,20,23). The van der Waals surface area contributed by atoms with Crippen molar-refractivity contribution in [3.05, 3.63) is 75.8 Å². The number of nitro groups is 1. The van der Waals surface area contributed by atoms with Gasteiger partial charge in [0.1, 0.15) is 15.6 Å². The van der Waals surface area contributed by atoms with Crippen molar-refractivity contribution in [3.8, 4) is 10.6 Å². The number of para-hydroxylation sites is 2. The van der Waals surface area contributed by atoms with Crippen LogP contribution in [0.1, 0.15) is 9.67 Å². The maximum atomic E-state index is 12.2. The maximum absolute atomic E-state index is 12.2. The van der Waals surface area contributed by atoms with Gasteiger partial charge >= 0.3 is 0 Å². The summed E-state index contributed by atoms with van der Waals surface area (Å²) in [5.41, 5.74) is 1.40. The molecule has 3 rings (SSSR count). The lowest BCUT2D eigenvalue weighted by atomic mass is 10.2. The second-order valence-electron chi connectivity index (χ2n) is 5.35. The average Bonchev–Trinajstić information content (AvgIpc) is 3.16. The average molecular weight is 368 g/mol. The molecule has 3 aromatic rings. The zero-order chi connectivity index (χ0) is 18.4. The minimum Gasteiger partial charge on any atom is -0.378 e. The van der Waals surface area contributed by atoms with Crippen molar-refractivity contribution in [2.75, 3.05) is 18.4 Å². The van der Waals surface area contributed by atoms with Gasteiger partial charge in [-0.05, 0) is 6.07 Å². The lowest BCUT2D eigenvalue weighted by molar-refractivity contribution is -0.384. The fourth-order valence-corrected chi connectivity index (χ4v) is 3.17. The molecule has 26 heavy (non-hydrogen) atoms. The number of hydrogen-bond donors (Lipinski definition) is 2. The highest BCUT2D eigenvalue weighted by molar-refractivity contribution is 7.16. The first-order valence-corrected chi connectivity index (χ1v) is 8.73. The van der Waals surface area contributed by atoms with E-state index in [2.05, 4.69) is 15.6 Å². The van der Waals surface area contributed by atoms with E-state index in [9.17, 15) is 14.9 Å². The Hall–Kier alpha value is -3.26. The Bertz CT molecular complexity index is 912. The van der Waals surface area contributed by atoms with Crippen molar-refractivity contribution in [2.24, 2.45) is 0 Å². The van der Waals surface area contributed by atoms with Gasteiger partial charge in [0.25, 0.3) is 11.6 Å². The van der Waals surface area contributed by atoms with Crippen molar-refractivity contribution in [2.45, 2.75) is 0 Å². The minimum atomic E-state index is -0.441. The highest BCUT2D eigenvalue weighted by Crippen LogP contribution is 2.25. The summed E-state index contributed by atoms with van der Waals surface area (Å²) in [6.07, 6.45) is 1.55. The molecule has 0 fully saturated rings. The number of nitro benzene ring substituents is 1. The van der Waals surface area contributed by atoms with Gasteiger partial charge in [0.05, 0.1) is 11.1 Å². The minimum absolute atomic E-state index is 0.00814. The van der Waals surface area contributed by atoms with Gasteiger partial charge in [-0.2, -0.15) is 0 Å². The van der Waals surface area contributed by atoms with Crippen LogP contribution in [-0.2, 0) is 0 Å². The molecule has 7 nitrogen and oxygen atoms in total. The fourth-order valence-electron chi connectivity index (χ4n) is 2.34. The van der Waals surface area contributed by atoms with Crippen molar-refractivity contribution in [1.29, 1.82) is 0 Å². The van der Waals surface area contributed by atoms with Crippen LogP contribution in [0.5, 0.6) is 0 Å². The van der Waals surface area contributed by atoms with Crippen LogP contribution in [0, 0.1) is 10.1 Å². The molecule has 0 aliphatic carbocycles. The molecule has 1 aromatic heterocycles. The molecule has 0 spiro atoms. The van der Waals surface area contributed by atoms with E-state index in [1.165, 1.54) is 17.4 Å². The predicted octanol–water partition coefficient (Wildman–Crippen LogP) is 3.56. The molecule has 0 saturated carbocycles. The lowest BCUT2D eigenvalue weighted by Gasteiger charge is -2.07. The Labute approximate surface area is 153 Å². The summed E-state index contributed by atoms with van der Waals surface area (Å²) in [7, 11) is 0. The third-order valence-electron chi connectivity index (χ3n) is 3.58. The van der Waals surface area contributed by atoms with Crippen LogP contribution in [0.2, 0.25) is 0 Å². The summed E-state index contributed by atoms with van der Waals surface area (Å²) < 4.78 is 0. The molecular formula is C18H16N4O3S. The normalized spacial score (nSPS) is 10.3. The smallest absolute Gasteiger partial charge is 0.292 e. The SMILES string of the molecule is O=C(NCCNc1ccccc1[N+](=O)[O-])c1cnc(-c2ccccc2)s1. The molecule has 1 amide bonds. The van der Waals surface area contributed by atoms with Crippen molar-refractivity contribution in [3.63, 3.8) is 0 Å². The number of carbonyl (C=O) groups excluding carboxylic acids is 1. The Morgan fingerprint density at radius 1 is 1.08 bits per heavy atom. The summed E-state index contributed by atoms with van der Waals surface area (Å²) in [5.74, 6) is -0.214. The molecule has 0 aliphatic rings. The lowest BCUT2D eigenvalue weighted by Crippen LogP contribution is -2.28. The van der Waals surface area contributed by atoms with E-state index in [1.807, 2.05) is 30.3 Å². The van der Waals surface area contributed by atoms with E-state index >= 15 is 0 Å². The first-order chi connectivity index (χ1) is 12.6. The number of carbonyl (C=O) groups is 1. The van der Waals surface area contributed by atoms with Crippen LogP contribution in [0.3, 0.4) is 0 Å². The predicted molar refractivity (Wildman–Crippen MR) is 101 cm³/mol. The number of benzene rings is 2. The topological polar surface area (TPSA) is 97.2 Å². The molecule has 2 aromatic carbocycles. The second kappa shape index (κ2) is 8.21. The molecule has 8 heteroatoms. The van der Waals surface area contributed by atoms with Crippen LogP contribution in [0.25, 0.3) is 10.6 Å². The van der Waals surface area contributed by atoms with E-state index in [0.717, 1.165) is 10.6 Å². The zero-order valence-corrected chi connectivity index (χ0v) is 14.5. The number of aromatic nitrogens is 1. The summed E-state index contributed by atoms with van der Waals surface area (Å²) in [6, 6.07) is 16.0. The number of hydrogen-bond acceptors (Lipinski definition) is 6. The number of rotatable bonds is 7. The summed E-state index contributed by atoms with van der Waals surface area (Å²) in [6.45, 7) is 0.713. The molecule has 0 radical (unpaired) electrons. The molecular weight excluding hydrogens is 352 g/mol. The quantitative estimate of drug-likeness (QED) is 0.377. The number of thiazole rings is 1. The van der Waals surface area contributed by atoms with Gasteiger partial charge in [0.2, 0.25) is 0 Å². The monoisotopic (exact) mass is 368 g/mol. The third kappa shape index (κ3) is 4.22. The largest absolute Gasteiger partial charge is 0.378 e. The highest BCUT2D eigenvalue weighted by atomic mass is 32.1. The van der Waals surface area contributed by atoms with Crippen LogP contribution in [0.15, 0.2) is 60.8 Å². The van der Waals surface area contributed by atoms with Gasteiger partial charge in [0.15, 0.2) is 0 Å². The number of amides is 1. The molecule has 0 bridgehead atoms. The van der Waals surface area contributed by atoms with Gasteiger partial charge < -0.3 is 10.6 Å². The maximum Gasteiger partial charge on any atom is 0.292 e. The fraction of sp³-hybridized carbons (Fsp3) is 0.111. The molecule has 0 atom stereocenters. The van der Waals surface area contributed by atoms with Gasteiger partial charge in [-0.15, -0.1) is 11.3 Å². The summed E-state index contributed by atoms with van der Waals surface area (Å²) in [4.78, 5) is 27.5. The summed E-state index contributed by atoms with van der Waals surface area (Å²) in [5, 5.41) is 17.5. The van der Waals surface area contributed by atoms with Crippen LogP contribution < -0.4 is 10.6 Å². The number of nitrogens with zero attached hydrogens (tertiary/aromatic N) is 2. The Morgan fingerprint density at radius 3 is 2.58 bits per heavy atom. The van der Waals surface area contributed by atoms with Gasteiger partial charge in [-0.25, -0.2) is 4.98 Å². The first-order valence-electron chi connectivity index (χ1n) is 7.92. The van der Waals surface area contributed by atoms with Crippen LogP contribution in [0.4, 0.5) is 11.4 Å². The van der Waals surface area contributed by atoms with Crippen molar-refractivity contribution >= 4 is 28.6 Å². The Kier molecular flexibility index (Phi) is 5.55. The Balaban J connectivity index is 1.52. The van der Waals surface area contributed by atoms with Crippen LogP contribution >= 0.6 is 11.3 Å². The molecule has 1 heterocycles. The van der Waals surface area contributed by atoms with Gasteiger partial charge in [-0.3, -0.25) is 14.9 Å². The molecule has 0 aliphatic heterocycles.